The van der Waals surface area contributed by atoms with Crippen LogP contribution >= 0.6 is 11.3 Å². The Morgan fingerprint density at radius 1 is 1.33 bits per heavy atom. The van der Waals surface area contributed by atoms with E-state index in [0.717, 1.165) is 17.4 Å². The summed E-state index contributed by atoms with van der Waals surface area (Å²) in [7, 11) is -3.52. The van der Waals surface area contributed by atoms with Gasteiger partial charge in [-0.2, -0.15) is 5.26 Å². The van der Waals surface area contributed by atoms with E-state index in [9.17, 15) is 12.8 Å². The van der Waals surface area contributed by atoms with Gasteiger partial charge in [-0.25, -0.2) is 12.8 Å². The number of sulfone groups is 1. The number of benzene rings is 1. The van der Waals surface area contributed by atoms with Crippen molar-refractivity contribution in [2.45, 2.75) is 9.96 Å². The minimum atomic E-state index is -3.52. The van der Waals surface area contributed by atoms with E-state index in [1.807, 2.05) is 0 Å². The lowest BCUT2D eigenvalue weighted by Crippen LogP contribution is -2.05. The second-order valence-corrected chi connectivity index (χ2v) is 6.77. The minimum absolute atomic E-state index is 0.0717. The van der Waals surface area contributed by atoms with Crippen LogP contribution in [0.5, 0.6) is 0 Å². The zero-order chi connectivity index (χ0) is 13.2. The van der Waals surface area contributed by atoms with Crippen molar-refractivity contribution in [3.8, 4) is 6.07 Å². The van der Waals surface area contributed by atoms with Gasteiger partial charge in [0.2, 0.25) is 0 Å². The maximum Gasteiger partial charge on any atom is 0.191 e. The van der Waals surface area contributed by atoms with E-state index < -0.39 is 21.4 Å². The maximum absolute atomic E-state index is 13.6. The van der Waals surface area contributed by atoms with E-state index in [2.05, 4.69) is 0 Å². The Morgan fingerprint density at radius 3 is 2.67 bits per heavy atom. The molecule has 0 saturated heterocycles. The van der Waals surface area contributed by atoms with Crippen LogP contribution in [-0.4, -0.2) is 8.42 Å². The molecule has 0 bridgehead atoms. The number of hydrogen-bond donors (Lipinski definition) is 0. The van der Waals surface area contributed by atoms with Gasteiger partial charge in [0.15, 0.2) is 9.84 Å². The SMILES string of the molecule is N#Cc1ccc(CS(=O)(=O)c2cccs2)c(F)c1. The van der Waals surface area contributed by atoms with Gasteiger partial charge >= 0.3 is 0 Å². The molecule has 0 aliphatic carbocycles. The molecule has 0 fully saturated rings. The zero-order valence-corrected chi connectivity index (χ0v) is 10.8. The molecule has 2 rings (SSSR count). The molecule has 2 aromatic rings. The van der Waals surface area contributed by atoms with Crippen LogP contribution in [0, 0.1) is 17.1 Å². The summed E-state index contributed by atoms with van der Waals surface area (Å²) in [5.74, 6) is -1.07. The largest absolute Gasteiger partial charge is 0.223 e. The Balaban J connectivity index is 2.33. The van der Waals surface area contributed by atoms with Crippen LogP contribution in [0.2, 0.25) is 0 Å². The van der Waals surface area contributed by atoms with Crippen LogP contribution < -0.4 is 0 Å². The van der Waals surface area contributed by atoms with Crippen molar-refractivity contribution in [3.05, 3.63) is 52.7 Å². The quantitative estimate of drug-likeness (QED) is 0.869. The molecule has 0 atom stereocenters. The van der Waals surface area contributed by atoms with Crippen molar-refractivity contribution in [1.82, 2.24) is 0 Å². The van der Waals surface area contributed by atoms with Gasteiger partial charge in [-0.15, -0.1) is 11.3 Å². The first-order valence-electron chi connectivity index (χ1n) is 4.98. The summed E-state index contributed by atoms with van der Waals surface area (Å²) in [4.78, 5) is 0. The van der Waals surface area contributed by atoms with Crippen molar-refractivity contribution < 1.29 is 12.8 Å². The Hall–Kier alpha value is -1.71. The van der Waals surface area contributed by atoms with Gasteiger partial charge in [0.05, 0.1) is 17.4 Å². The molecule has 3 nitrogen and oxygen atoms in total. The molecule has 92 valence electrons. The fraction of sp³-hybridized carbons (Fsp3) is 0.0833. The molecular weight excluding hydrogens is 273 g/mol. The normalized spacial score (nSPS) is 11.1. The fourth-order valence-electron chi connectivity index (χ4n) is 1.45. The Bertz CT molecular complexity index is 700. The number of nitriles is 1. The molecule has 6 heteroatoms. The molecule has 0 aliphatic rings. The molecule has 0 unspecified atom stereocenters. The first-order chi connectivity index (χ1) is 8.53. The van der Waals surface area contributed by atoms with Crippen molar-refractivity contribution >= 4 is 21.2 Å². The topological polar surface area (TPSA) is 57.9 Å². The molecular formula is C12H8FNO2S2. The molecule has 0 N–H and O–H groups in total. The standard InChI is InChI=1S/C12H8FNO2S2/c13-11-6-9(7-14)3-4-10(11)8-18(15,16)12-2-1-5-17-12/h1-6H,8H2. The van der Waals surface area contributed by atoms with Crippen molar-refractivity contribution in [2.24, 2.45) is 0 Å². The molecule has 0 aliphatic heterocycles. The molecule has 0 radical (unpaired) electrons. The lowest BCUT2D eigenvalue weighted by molar-refractivity contribution is 0.588. The average molecular weight is 281 g/mol. The van der Waals surface area contributed by atoms with E-state index in [-0.39, 0.29) is 15.3 Å². The Kier molecular flexibility index (Phi) is 3.45. The van der Waals surface area contributed by atoms with Crippen LogP contribution in [0.1, 0.15) is 11.1 Å². The van der Waals surface area contributed by atoms with Crippen molar-refractivity contribution in [2.75, 3.05) is 0 Å². The minimum Gasteiger partial charge on any atom is -0.223 e. The molecule has 18 heavy (non-hydrogen) atoms. The lowest BCUT2D eigenvalue weighted by atomic mass is 10.1. The second kappa shape index (κ2) is 4.88. The first-order valence-corrected chi connectivity index (χ1v) is 7.51. The van der Waals surface area contributed by atoms with Crippen LogP contribution in [0.25, 0.3) is 0 Å². The molecule has 0 spiro atoms. The Labute approximate surface area is 108 Å². The van der Waals surface area contributed by atoms with Crippen LogP contribution in [0.4, 0.5) is 4.39 Å². The summed E-state index contributed by atoms with van der Waals surface area (Å²) in [5, 5.41) is 10.3. The maximum atomic E-state index is 13.6. The van der Waals surface area contributed by atoms with E-state index in [0.29, 0.717) is 0 Å². The van der Waals surface area contributed by atoms with Gasteiger partial charge in [-0.3, -0.25) is 0 Å². The summed E-state index contributed by atoms with van der Waals surface area (Å²) in [6, 6.07) is 8.70. The summed E-state index contributed by atoms with van der Waals surface area (Å²) < 4.78 is 37.7. The van der Waals surface area contributed by atoms with Crippen molar-refractivity contribution in [3.63, 3.8) is 0 Å². The highest BCUT2D eigenvalue weighted by atomic mass is 32.2. The summed E-state index contributed by atoms with van der Waals surface area (Å²) in [6.07, 6.45) is 0. The highest BCUT2D eigenvalue weighted by Gasteiger charge is 2.18. The predicted molar refractivity (Wildman–Crippen MR) is 66.3 cm³/mol. The van der Waals surface area contributed by atoms with Crippen LogP contribution in [0.15, 0.2) is 39.9 Å². The Morgan fingerprint density at radius 2 is 2.11 bits per heavy atom. The average Bonchev–Trinajstić information content (AvgIpc) is 2.86. The highest BCUT2D eigenvalue weighted by molar-refractivity contribution is 7.92. The highest BCUT2D eigenvalue weighted by Crippen LogP contribution is 2.22. The number of nitrogens with zero attached hydrogens (tertiary/aromatic N) is 1. The third-order valence-corrected chi connectivity index (χ3v) is 5.48. The van der Waals surface area contributed by atoms with Crippen LogP contribution in [0.3, 0.4) is 0 Å². The molecule has 0 amide bonds. The summed E-state index contributed by atoms with van der Waals surface area (Å²) in [6.45, 7) is 0. The monoisotopic (exact) mass is 281 g/mol. The van der Waals surface area contributed by atoms with E-state index in [1.54, 1.807) is 17.5 Å². The molecule has 1 aromatic carbocycles. The first kappa shape index (κ1) is 12.7. The molecule has 1 heterocycles. The van der Waals surface area contributed by atoms with E-state index >= 15 is 0 Å². The fourth-order valence-corrected chi connectivity index (χ4v) is 3.90. The number of hydrogen-bond acceptors (Lipinski definition) is 4. The zero-order valence-electron chi connectivity index (χ0n) is 9.13. The molecule has 0 saturated carbocycles. The smallest absolute Gasteiger partial charge is 0.191 e. The predicted octanol–water partition coefficient (Wildman–Crippen LogP) is 2.73. The summed E-state index contributed by atoms with van der Waals surface area (Å²) >= 11 is 1.10. The van der Waals surface area contributed by atoms with Gasteiger partial charge in [0.1, 0.15) is 10.0 Å². The van der Waals surface area contributed by atoms with Gasteiger partial charge < -0.3 is 0 Å². The van der Waals surface area contributed by atoms with E-state index in [4.69, 9.17) is 5.26 Å². The van der Waals surface area contributed by atoms with Crippen LogP contribution in [-0.2, 0) is 15.6 Å². The van der Waals surface area contributed by atoms with Gasteiger partial charge in [-0.1, -0.05) is 12.1 Å². The summed E-state index contributed by atoms with van der Waals surface area (Å²) in [5.41, 5.74) is 0.243. The number of rotatable bonds is 3. The third kappa shape index (κ3) is 2.58. The second-order valence-electron chi connectivity index (χ2n) is 3.61. The van der Waals surface area contributed by atoms with Gasteiger partial charge in [-0.05, 0) is 23.6 Å². The van der Waals surface area contributed by atoms with E-state index in [1.165, 1.54) is 18.2 Å². The van der Waals surface area contributed by atoms with Gasteiger partial charge in [0.25, 0.3) is 0 Å². The molecule has 1 aromatic heterocycles. The number of thiophene rings is 1. The van der Waals surface area contributed by atoms with Gasteiger partial charge in [0, 0.05) is 5.56 Å². The third-order valence-electron chi connectivity index (χ3n) is 2.33. The lowest BCUT2D eigenvalue weighted by Gasteiger charge is -2.04. The van der Waals surface area contributed by atoms with Crippen molar-refractivity contribution in [1.29, 1.82) is 5.26 Å². The number of halogens is 1.